The smallest absolute Gasteiger partial charge is 0.265 e. The van der Waals surface area contributed by atoms with E-state index in [0.29, 0.717) is 35.0 Å². The molecule has 4 rings (SSSR count). The number of hydrogen-bond acceptors (Lipinski definition) is 6. The lowest BCUT2D eigenvalue weighted by Gasteiger charge is -2.28. The maximum absolute atomic E-state index is 12.7. The molecule has 34 heavy (non-hydrogen) atoms. The summed E-state index contributed by atoms with van der Waals surface area (Å²) in [6.07, 6.45) is 0. The number of anilines is 3. The molecule has 0 aliphatic carbocycles. The van der Waals surface area contributed by atoms with Crippen molar-refractivity contribution in [2.75, 3.05) is 55.4 Å². The van der Waals surface area contributed by atoms with Gasteiger partial charge in [-0.1, -0.05) is 6.07 Å². The molecule has 0 radical (unpaired) electrons. The highest BCUT2D eigenvalue weighted by molar-refractivity contribution is 7.12. The normalized spacial score (nSPS) is 13.3. The molecule has 0 saturated carbocycles. The van der Waals surface area contributed by atoms with E-state index in [9.17, 15) is 14.4 Å². The second-order valence-electron chi connectivity index (χ2n) is 7.86. The van der Waals surface area contributed by atoms with E-state index in [4.69, 9.17) is 4.74 Å². The number of rotatable bonds is 7. The lowest BCUT2D eigenvalue weighted by atomic mass is 10.2. The van der Waals surface area contributed by atoms with E-state index < -0.39 is 0 Å². The van der Waals surface area contributed by atoms with Gasteiger partial charge in [-0.25, -0.2) is 0 Å². The molecule has 0 spiro atoms. The van der Waals surface area contributed by atoms with Gasteiger partial charge in [0.15, 0.2) is 0 Å². The fourth-order valence-electron chi connectivity index (χ4n) is 3.58. The third-order valence-corrected chi connectivity index (χ3v) is 6.26. The van der Waals surface area contributed by atoms with Crippen molar-refractivity contribution >= 4 is 46.1 Å². The Kier molecular flexibility index (Phi) is 7.56. The average molecular weight is 479 g/mol. The summed E-state index contributed by atoms with van der Waals surface area (Å²) in [5.41, 5.74) is 2.78. The quantitative estimate of drug-likeness (QED) is 0.542. The van der Waals surface area contributed by atoms with Crippen molar-refractivity contribution in [3.05, 3.63) is 76.5 Å². The minimum absolute atomic E-state index is 0.0824. The highest BCUT2D eigenvalue weighted by Gasteiger charge is 2.16. The SMILES string of the molecule is CN(CC(=O)Nc1ccc(N2CCOCC2)cc1)C(=O)c1ccc(NC(=O)c2cccs2)cc1. The van der Waals surface area contributed by atoms with Crippen LogP contribution in [0.2, 0.25) is 0 Å². The number of likely N-dealkylation sites (N-methyl/N-ethyl adjacent to an activating group) is 1. The van der Waals surface area contributed by atoms with Crippen molar-refractivity contribution in [1.29, 1.82) is 0 Å². The minimum Gasteiger partial charge on any atom is -0.378 e. The van der Waals surface area contributed by atoms with Crippen molar-refractivity contribution in [3.8, 4) is 0 Å². The highest BCUT2D eigenvalue weighted by atomic mass is 32.1. The van der Waals surface area contributed by atoms with Crippen molar-refractivity contribution in [2.24, 2.45) is 0 Å². The Bertz CT molecular complexity index is 1120. The Morgan fingerprint density at radius 2 is 1.59 bits per heavy atom. The molecule has 2 N–H and O–H groups in total. The van der Waals surface area contributed by atoms with Gasteiger partial charge in [0.1, 0.15) is 0 Å². The lowest BCUT2D eigenvalue weighted by molar-refractivity contribution is -0.116. The predicted molar refractivity (Wildman–Crippen MR) is 134 cm³/mol. The number of nitrogens with zero attached hydrogens (tertiary/aromatic N) is 2. The molecular weight excluding hydrogens is 452 g/mol. The molecule has 1 aliphatic rings. The molecule has 3 aromatic rings. The van der Waals surface area contributed by atoms with E-state index in [0.717, 1.165) is 18.8 Å². The van der Waals surface area contributed by atoms with Crippen molar-refractivity contribution < 1.29 is 19.1 Å². The summed E-state index contributed by atoms with van der Waals surface area (Å²) in [5.74, 6) is -0.760. The zero-order valence-electron chi connectivity index (χ0n) is 18.8. The van der Waals surface area contributed by atoms with Gasteiger partial charge in [-0.2, -0.15) is 0 Å². The van der Waals surface area contributed by atoms with Gasteiger partial charge in [0.25, 0.3) is 11.8 Å². The van der Waals surface area contributed by atoms with Crippen LogP contribution < -0.4 is 15.5 Å². The number of amides is 3. The molecule has 3 amide bonds. The first-order valence-corrected chi connectivity index (χ1v) is 11.8. The summed E-state index contributed by atoms with van der Waals surface area (Å²) in [4.78, 5) is 41.5. The fourth-order valence-corrected chi connectivity index (χ4v) is 4.20. The topological polar surface area (TPSA) is 91.0 Å². The molecule has 1 aromatic heterocycles. The number of thiophene rings is 1. The summed E-state index contributed by atoms with van der Waals surface area (Å²) in [6, 6.07) is 17.8. The number of nitrogens with one attached hydrogen (secondary N) is 2. The highest BCUT2D eigenvalue weighted by Crippen LogP contribution is 2.19. The first kappa shape index (κ1) is 23.5. The van der Waals surface area contributed by atoms with Gasteiger partial charge in [0.05, 0.1) is 24.6 Å². The minimum atomic E-state index is -0.283. The van der Waals surface area contributed by atoms with Crippen LogP contribution in [0.25, 0.3) is 0 Å². The van der Waals surface area contributed by atoms with E-state index in [1.165, 1.54) is 16.2 Å². The molecule has 1 fully saturated rings. The van der Waals surface area contributed by atoms with Gasteiger partial charge in [0, 0.05) is 42.8 Å². The van der Waals surface area contributed by atoms with E-state index in [1.807, 2.05) is 35.7 Å². The van der Waals surface area contributed by atoms with E-state index in [1.54, 1.807) is 37.4 Å². The fraction of sp³-hybridized carbons (Fsp3) is 0.240. The van der Waals surface area contributed by atoms with Gasteiger partial charge in [-0.05, 0) is 60.0 Å². The molecule has 0 atom stereocenters. The largest absolute Gasteiger partial charge is 0.378 e. The number of carbonyl (C=O) groups is 3. The molecule has 2 heterocycles. The van der Waals surface area contributed by atoms with Crippen LogP contribution in [0.5, 0.6) is 0 Å². The van der Waals surface area contributed by atoms with Gasteiger partial charge in [-0.15, -0.1) is 11.3 Å². The van der Waals surface area contributed by atoms with E-state index in [-0.39, 0.29) is 24.3 Å². The lowest BCUT2D eigenvalue weighted by Crippen LogP contribution is -2.36. The maximum Gasteiger partial charge on any atom is 0.265 e. The summed E-state index contributed by atoms with van der Waals surface area (Å²) >= 11 is 1.36. The molecular formula is C25H26N4O4S. The van der Waals surface area contributed by atoms with Crippen LogP contribution in [-0.2, 0) is 9.53 Å². The molecule has 0 unspecified atom stereocenters. The van der Waals surface area contributed by atoms with Crippen molar-refractivity contribution in [3.63, 3.8) is 0 Å². The van der Waals surface area contributed by atoms with Gasteiger partial charge in [-0.3, -0.25) is 14.4 Å². The molecule has 1 saturated heterocycles. The second-order valence-corrected chi connectivity index (χ2v) is 8.81. The molecule has 9 heteroatoms. The van der Waals surface area contributed by atoms with Crippen LogP contribution in [0.1, 0.15) is 20.0 Å². The third kappa shape index (κ3) is 6.00. The number of hydrogen-bond donors (Lipinski definition) is 2. The summed E-state index contributed by atoms with van der Waals surface area (Å²) in [7, 11) is 1.58. The van der Waals surface area contributed by atoms with Crippen molar-refractivity contribution in [2.45, 2.75) is 0 Å². The van der Waals surface area contributed by atoms with E-state index >= 15 is 0 Å². The standard InChI is InChI=1S/C25H26N4O4S/c1-28(17-23(30)26-19-8-10-21(11-9-19)29-12-14-33-15-13-29)25(32)18-4-6-20(7-5-18)27-24(31)22-3-2-16-34-22/h2-11,16H,12-15,17H2,1H3,(H,26,30)(H,27,31). The van der Waals surface area contributed by atoms with Crippen LogP contribution in [0.3, 0.4) is 0 Å². The van der Waals surface area contributed by atoms with Crippen LogP contribution in [0, 0.1) is 0 Å². The number of ether oxygens (including phenoxy) is 1. The summed E-state index contributed by atoms with van der Waals surface area (Å²) in [5, 5.41) is 7.46. The van der Waals surface area contributed by atoms with Gasteiger partial charge in [0.2, 0.25) is 5.91 Å². The van der Waals surface area contributed by atoms with Crippen molar-refractivity contribution in [1.82, 2.24) is 4.90 Å². The average Bonchev–Trinajstić information content (AvgIpc) is 3.40. The Hall–Kier alpha value is -3.69. The first-order valence-electron chi connectivity index (χ1n) is 10.9. The van der Waals surface area contributed by atoms with Gasteiger partial charge < -0.3 is 25.2 Å². The van der Waals surface area contributed by atoms with Crippen LogP contribution >= 0.6 is 11.3 Å². The molecule has 0 bridgehead atoms. The first-order chi connectivity index (χ1) is 16.5. The molecule has 176 valence electrons. The predicted octanol–water partition coefficient (Wildman–Crippen LogP) is 3.55. The third-order valence-electron chi connectivity index (χ3n) is 5.39. The number of benzene rings is 2. The Morgan fingerprint density at radius 1 is 0.941 bits per heavy atom. The van der Waals surface area contributed by atoms with Crippen LogP contribution in [0.15, 0.2) is 66.0 Å². The Labute approximate surface area is 202 Å². The molecule has 2 aromatic carbocycles. The van der Waals surface area contributed by atoms with Crippen LogP contribution in [-0.4, -0.2) is 62.5 Å². The molecule has 8 nitrogen and oxygen atoms in total. The zero-order chi connectivity index (χ0) is 23.9. The second kappa shape index (κ2) is 11.0. The Balaban J connectivity index is 1.28. The molecule has 1 aliphatic heterocycles. The number of carbonyl (C=O) groups excluding carboxylic acids is 3. The summed E-state index contributed by atoms with van der Waals surface area (Å²) < 4.78 is 5.37. The van der Waals surface area contributed by atoms with E-state index in [2.05, 4.69) is 15.5 Å². The maximum atomic E-state index is 12.7. The van der Waals surface area contributed by atoms with Gasteiger partial charge >= 0.3 is 0 Å². The van der Waals surface area contributed by atoms with Crippen LogP contribution in [0.4, 0.5) is 17.1 Å². The summed E-state index contributed by atoms with van der Waals surface area (Å²) in [6.45, 7) is 3.04. The zero-order valence-corrected chi connectivity index (χ0v) is 19.6. The number of morpholine rings is 1. The monoisotopic (exact) mass is 478 g/mol. The Morgan fingerprint density at radius 3 is 2.24 bits per heavy atom.